The first-order chi connectivity index (χ1) is 37.8. The predicted molar refractivity (Wildman–Crippen MR) is 351 cm³/mol. The van der Waals surface area contributed by atoms with E-state index in [1.807, 2.05) is 6.07 Å². The van der Waals surface area contributed by atoms with E-state index in [1.54, 1.807) is 0 Å². The average molecular weight is 1180 g/mol. The van der Waals surface area contributed by atoms with Crippen LogP contribution in [0.2, 0.25) is 0 Å². The van der Waals surface area contributed by atoms with Crippen molar-refractivity contribution in [1.82, 2.24) is 0 Å². The summed E-state index contributed by atoms with van der Waals surface area (Å²) in [4.78, 5) is 0. The van der Waals surface area contributed by atoms with Crippen molar-refractivity contribution in [2.24, 2.45) is 0 Å². The van der Waals surface area contributed by atoms with E-state index in [0.29, 0.717) is 11.8 Å². The fraction of sp³-hybridized carbons (Fsp3) is 0.289. The van der Waals surface area contributed by atoms with E-state index >= 15 is 0 Å². The van der Waals surface area contributed by atoms with Gasteiger partial charge >= 0.3 is 37.9 Å². The molecule has 0 unspecified atom stereocenters. The zero-order valence-electron chi connectivity index (χ0n) is 50.3. The maximum absolute atomic E-state index is 4.93. The monoisotopic (exact) mass is 1180 g/mol. The van der Waals surface area contributed by atoms with Crippen molar-refractivity contribution in [1.29, 1.82) is 0 Å². The fourth-order valence-electron chi connectivity index (χ4n) is 10.6. The maximum atomic E-state index is 4.93. The molecule has 0 bridgehead atoms. The summed E-state index contributed by atoms with van der Waals surface area (Å²) < 4.78 is 0. The van der Waals surface area contributed by atoms with Crippen LogP contribution in [0.3, 0.4) is 0 Å². The van der Waals surface area contributed by atoms with Crippen LogP contribution in [-0.4, -0.2) is 9.52 Å². The summed E-state index contributed by atoms with van der Waals surface area (Å²) in [5.74, 6) is 1.03. The molecular formula is C76H81Cl2SiZr-3. The van der Waals surface area contributed by atoms with Crippen LogP contribution in [-0.2, 0) is 42.5 Å². The minimum absolute atomic E-state index is 0.0892. The molecule has 0 fully saturated rings. The van der Waals surface area contributed by atoms with Gasteiger partial charge in [-0.05, 0) is 89.1 Å². The van der Waals surface area contributed by atoms with Gasteiger partial charge < -0.3 is 0 Å². The molecule has 11 rings (SSSR count). The smallest absolute Gasteiger partial charge is 0.0920 e. The number of benzene rings is 8. The third-order valence-electron chi connectivity index (χ3n) is 15.6. The Morgan fingerprint density at radius 2 is 0.762 bits per heavy atom. The summed E-state index contributed by atoms with van der Waals surface area (Å²) in [6.45, 7) is 36.9. The normalized spacial score (nSPS) is 12.3. The second-order valence-electron chi connectivity index (χ2n) is 26.4. The van der Waals surface area contributed by atoms with E-state index in [-0.39, 0.29) is 21.7 Å². The predicted octanol–water partition coefficient (Wildman–Crippen LogP) is 21.7. The second kappa shape index (κ2) is 25.0. The summed E-state index contributed by atoms with van der Waals surface area (Å²) in [5.41, 5.74) is 22.1. The summed E-state index contributed by atoms with van der Waals surface area (Å²) in [6, 6.07) is 73.2. The van der Waals surface area contributed by atoms with Crippen LogP contribution >= 0.6 is 17.0 Å². The molecule has 0 saturated heterocycles. The van der Waals surface area contributed by atoms with Gasteiger partial charge in [0, 0.05) is 0 Å². The van der Waals surface area contributed by atoms with Crippen molar-refractivity contribution in [2.45, 2.75) is 144 Å². The molecule has 0 amide bonds. The number of hydrogen-bond donors (Lipinski definition) is 0. The van der Waals surface area contributed by atoms with Gasteiger partial charge in [-0.15, -0.1) is 62.5 Å². The van der Waals surface area contributed by atoms with Gasteiger partial charge in [0.15, 0.2) is 0 Å². The number of fused-ring (bicyclic) bond motifs is 5. The Morgan fingerprint density at radius 3 is 1.14 bits per heavy atom. The Morgan fingerprint density at radius 1 is 0.400 bits per heavy atom. The van der Waals surface area contributed by atoms with Crippen LogP contribution in [0.25, 0.3) is 77.2 Å². The molecule has 0 aromatic heterocycles. The van der Waals surface area contributed by atoms with Crippen LogP contribution in [0.5, 0.6) is 0 Å². The van der Waals surface area contributed by atoms with Gasteiger partial charge in [0.05, 0.1) is 9.52 Å². The van der Waals surface area contributed by atoms with Gasteiger partial charge in [0.2, 0.25) is 0 Å². The topological polar surface area (TPSA) is 0 Å². The van der Waals surface area contributed by atoms with E-state index in [4.69, 9.17) is 17.0 Å². The first-order valence-corrected chi connectivity index (χ1v) is 35.8. The Kier molecular flexibility index (Phi) is 19.0. The molecule has 10 aromatic rings. The summed E-state index contributed by atoms with van der Waals surface area (Å²) >= 11 is -0.826. The number of halogens is 2. The van der Waals surface area contributed by atoms with Crippen LogP contribution in [0.1, 0.15) is 156 Å². The quantitative estimate of drug-likeness (QED) is 0.115. The summed E-state index contributed by atoms with van der Waals surface area (Å²) in [6.07, 6.45) is 0. The molecule has 0 atom stereocenters. The minimum Gasteiger partial charge on any atom is -0.184 e. The molecular weight excluding hydrogens is 1100 g/mol. The molecule has 80 heavy (non-hydrogen) atoms. The van der Waals surface area contributed by atoms with E-state index < -0.39 is 20.8 Å². The molecule has 0 nitrogen and oxygen atoms in total. The maximum Gasteiger partial charge on any atom is 0.0920 e. The standard InChI is InChI=1S/2C32H37.C12H7Si.2ClH.Zr/c2*1-21(2)24-16-23-14-15-28(22-12-10-9-11-13-22)30(29(23)19-24)25-17-26(31(3,4)5)20-27(18-25)32(6,7)8;1-3-7-11-9(5-1)10-6-2-4-8-12(10)13-11;;;/h2*9-21H,1-8H3;1-7H;2*1H;/q3*-1;;;+2/p-2. The molecule has 4 heteroatoms. The minimum atomic E-state index is -0.826. The zero-order valence-corrected chi connectivity index (χ0v) is 55.3. The number of rotatable bonds is 6. The van der Waals surface area contributed by atoms with Crippen molar-refractivity contribution < 1.29 is 20.8 Å². The molecule has 2 radical (unpaired) electrons. The largest absolute Gasteiger partial charge is 0.184 e. The fourth-order valence-corrected chi connectivity index (χ4v) is 11.9. The Labute approximate surface area is 502 Å². The van der Waals surface area contributed by atoms with E-state index in [2.05, 4.69) is 299 Å². The third-order valence-corrected chi connectivity index (χ3v) is 16.9. The van der Waals surface area contributed by atoms with Crippen molar-refractivity contribution >= 4 is 58.5 Å². The Balaban J connectivity index is 0.000000165. The van der Waals surface area contributed by atoms with Gasteiger partial charge in [0.25, 0.3) is 0 Å². The molecule has 0 spiro atoms. The van der Waals surface area contributed by atoms with E-state index in [0.717, 1.165) is 9.52 Å². The Bertz CT molecular complexity index is 3400. The molecule has 10 aromatic carbocycles. The molecule has 1 heterocycles. The van der Waals surface area contributed by atoms with Gasteiger partial charge in [-0.3, -0.25) is 0 Å². The Hall–Kier alpha value is -5.34. The zero-order chi connectivity index (χ0) is 57.9. The average Bonchev–Trinajstić information content (AvgIpc) is 4.18. The number of hydrogen-bond acceptors (Lipinski definition) is 0. The van der Waals surface area contributed by atoms with Crippen molar-refractivity contribution in [3.63, 3.8) is 0 Å². The van der Waals surface area contributed by atoms with Gasteiger partial charge in [0.1, 0.15) is 0 Å². The van der Waals surface area contributed by atoms with Crippen molar-refractivity contribution in [2.75, 3.05) is 0 Å². The van der Waals surface area contributed by atoms with Crippen LogP contribution < -0.4 is 10.4 Å². The first-order valence-electron chi connectivity index (χ1n) is 28.5. The van der Waals surface area contributed by atoms with Crippen LogP contribution in [0.15, 0.2) is 188 Å². The molecule has 1 aliphatic heterocycles. The molecule has 1 aliphatic rings. The van der Waals surface area contributed by atoms with Crippen LogP contribution in [0.4, 0.5) is 0 Å². The third kappa shape index (κ3) is 14.1. The van der Waals surface area contributed by atoms with E-state index in [1.165, 1.54) is 121 Å². The summed E-state index contributed by atoms with van der Waals surface area (Å²) in [7, 11) is 10.7. The van der Waals surface area contributed by atoms with Crippen LogP contribution in [0, 0.1) is 6.07 Å². The van der Waals surface area contributed by atoms with Gasteiger partial charge in [-0.1, -0.05) is 266 Å². The molecule has 0 aliphatic carbocycles. The molecule has 0 N–H and O–H groups in total. The summed E-state index contributed by atoms with van der Waals surface area (Å²) in [5, 5.41) is 8.22. The van der Waals surface area contributed by atoms with Gasteiger partial charge in [-0.25, -0.2) is 0 Å². The first kappa shape index (κ1) is 60.7. The molecule has 410 valence electrons. The van der Waals surface area contributed by atoms with Crippen molar-refractivity contribution in [3.05, 3.63) is 228 Å². The van der Waals surface area contributed by atoms with Crippen molar-refractivity contribution in [3.8, 4) is 55.6 Å². The SMILES string of the molecule is CC(C)c1cc2c(-c3cc(C(C)(C)C)cc(C(C)(C)C)c3)c(-c3ccccc3)ccc2[cH-]1.CC(C)c1cc2c(-c3cc(C(C)(C)C)cc(C(C)(C)C)c3)c(-c3ccccc3)ccc2[cH-]1.[Cl][Zr][Cl].[c-]1cccc2c1[Si]c1ccccc1-2. The molecule has 0 saturated carbocycles. The second-order valence-corrected chi connectivity index (χ2v) is 31.4. The van der Waals surface area contributed by atoms with Gasteiger partial charge in [-0.2, -0.15) is 41.6 Å². The van der Waals surface area contributed by atoms with E-state index in [9.17, 15) is 0 Å².